The van der Waals surface area contributed by atoms with Gasteiger partial charge in [0, 0.05) is 6.04 Å². The fourth-order valence-electron chi connectivity index (χ4n) is 2.80. The number of ether oxygens (including phenoxy) is 1. The molecule has 0 aliphatic heterocycles. The molecular weight excluding hydrogens is 326 g/mol. The van der Waals surface area contributed by atoms with Crippen LogP contribution in [0.15, 0.2) is 29.4 Å². The maximum atomic E-state index is 12.1. The van der Waals surface area contributed by atoms with E-state index in [9.17, 15) is 4.79 Å². The molecule has 0 radical (unpaired) electrons. The van der Waals surface area contributed by atoms with Crippen LogP contribution in [0, 0.1) is 0 Å². The minimum absolute atomic E-state index is 0.0274. The summed E-state index contributed by atoms with van der Waals surface area (Å²) in [5.74, 6) is 1.04. The summed E-state index contributed by atoms with van der Waals surface area (Å²) in [7, 11) is 0. The monoisotopic (exact) mass is 347 g/mol. The topological polar surface area (TPSA) is 81.9 Å². The Bertz CT molecular complexity index is 685. The first-order valence-corrected chi connectivity index (χ1v) is 9.19. The van der Waals surface area contributed by atoms with Crippen LogP contribution in [0.4, 0.5) is 0 Å². The first-order chi connectivity index (χ1) is 11.8. The molecule has 0 spiro atoms. The van der Waals surface area contributed by atoms with Gasteiger partial charge in [-0.3, -0.25) is 4.79 Å². The molecule has 0 saturated heterocycles. The van der Waals surface area contributed by atoms with Crippen LogP contribution in [-0.4, -0.2) is 44.5 Å². The van der Waals surface area contributed by atoms with Crippen molar-refractivity contribution in [3.8, 4) is 11.4 Å². The predicted octanol–water partition coefficient (Wildman–Crippen LogP) is 2.21. The highest BCUT2D eigenvalue weighted by Crippen LogP contribution is 2.26. The molecule has 128 valence electrons. The van der Waals surface area contributed by atoms with Crippen LogP contribution in [0.25, 0.3) is 5.69 Å². The number of rotatable bonds is 7. The molecule has 7 nitrogen and oxygen atoms in total. The zero-order valence-corrected chi connectivity index (χ0v) is 14.5. The smallest absolute Gasteiger partial charge is 0.230 e. The highest BCUT2D eigenvalue weighted by molar-refractivity contribution is 7.99. The van der Waals surface area contributed by atoms with Crippen LogP contribution < -0.4 is 10.1 Å². The van der Waals surface area contributed by atoms with Gasteiger partial charge in [0.1, 0.15) is 11.4 Å². The summed E-state index contributed by atoms with van der Waals surface area (Å²) in [5.41, 5.74) is 0.767. The van der Waals surface area contributed by atoms with Crippen LogP contribution >= 0.6 is 11.8 Å². The normalized spacial score (nSPS) is 14.7. The first kappa shape index (κ1) is 16.8. The Morgan fingerprint density at radius 3 is 2.96 bits per heavy atom. The van der Waals surface area contributed by atoms with Gasteiger partial charge in [-0.1, -0.05) is 36.7 Å². The number of nitrogens with zero attached hydrogens (tertiary/aromatic N) is 4. The highest BCUT2D eigenvalue weighted by Gasteiger charge is 2.19. The van der Waals surface area contributed by atoms with Crippen LogP contribution in [0.5, 0.6) is 5.75 Å². The maximum Gasteiger partial charge on any atom is 0.230 e. The van der Waals surface area contributed by atoms with E-state index in [0.29, 0.717) is 29.3 Å². The Morgan fingerprint density at radius 1 is 1.38 bits per heavy atom. The number of nitrogens with one attached hydrogen (secondary N) is 1. The quantitative estimate of drug-likeness (QED) is 0.773. The van der Waals surface area contributed by atoms with E-state index in [-0.39, 0.29) is 5.91 Å². The fourth-order valence-corrected chi connectivity index (χ4v) is 3.49. The van der Waals surface area contributed by atoms with Crippen LogP contribution in [-0.2, 0) is 4.79 Å². The molecule has 0 atom stereocenters. The van der Waals surface area contributed by atoms with Crippen molar-refractivity contribution in [2.45, 2.75) is 43.8 Å². The SMILES string of the molecule is CCOc1ccccc1-n1nnnc1SCC(=O)NC1CCCC1. The van der Waals surface area contributed by atoms with Crippen LogP contribution in [0.1, 0.15) is 32.6 Å². The molecule has 1 fully saturated rings. The summed E-state index contributed by atoms with van der Waals surface area (Å²) in [6, 6.07) is 7.90. The molecule has 8 heteroatoms. The molecule has 1 N–H and O–H groups in total. The summed E-state index contributed by atoms with van der Waals surface area (Å²) in [6.45, 7) is 2.49. The van der Waals surface area contributed by atoms with E-state index in [1.807, 2.05) is 31.2 Å². The molecule has 1 aliphatic rings. The summed E-state index contributed by atoms with van der Waals surface area (Å²) >= 11 is 1.33. The maximum absolute atomic E-state index is 12.1. The van der Waals surface area contributed by atoms with Crippen molar-refractivity contribution in [1.82, 2.24) is 25.5 Å². The van der Waals surface area contributed by atoms with Gasteiger partial charge < -0.3 is 10.1 Å². The van der Waals surface area contributed by atoms with Gasteiger partial charge in [-0.25, -0.2) is 0 Å². The van der Waals surface area contributed by atoms with Crippen molar-refractivity contribution in [3.05, 3.63) is 24.3 Å². The van der Waals surface area contributed by atoms with E-state index >= 15 is 0 Å². The van der Waals surface area contributed by atoms with E-state index in [1.54, 1.807) is 4.68 Å². The Balaban J connectivity index is 1.66. The Labute approximate surface area is 145 Å². The molecule has 1 heterocycles. The second kappa shape index (κ2) is 8.14. The van der Waals surface area contributed by atoms with E-state index < -0.39 is 0 Å². The highest BCUT2D eigenvalue weighted by atomic mass is 32.2. The lowest BCUT2D eigenvalue weighted by atomic mass is 10.2. The van der Waals surface area contributed by atoms with Gasteiger partial charge in [0.25, 0.3) is 0 Å². The average molecular weight is 347 g/mol. The van der Waals surface area contributed by atoms with Gasteiger partial charge in [0.2, 0.25) is 11.1 Å². The standard InChI is InChI=1S/C16H21N5O2S/c1-2-23-14-10-6-5-9-13(14)21-16(18-19-20-21)24-11-15(22)17-12-7-3-4-8-12/h5-6,9-10,12H,2-4,7-8,11H2,1H3,(H,17,22). The second-order valence-corrected chi connectivity index (χ2v) is 6.55. The Kier molecular flexibility index (Phi) is 5.68. The lowest BCUT2D eigenvalue weighted by Crippen LogP contribution is -2.33. The van der Waals surface area contributed by atoms with Gasteiger partial charge in [0.05, 0.1) is 12.4 Å². The van der Waals surface area contributed by atoms with E-state index in [0.717, 1.165) is 18.5 Å². The number of carbonyl (C=O) groups excluding carboxylic acids is 1. The Hall–Kier alpha value is -2.09. The number of para-hydroxylation sites is 2. The molecule has 3 rings (SSSR count). The number of aromatic nitrogens is 4. The largest absolute Gasteiger partial charge is 0.492 e. The van der Waals surface area contributed by atoms with Gasteiger partial charge in [0.15, 0.2) is 0 Å². The van der Waals surface area contributed by atoms with Crippen molar-refractivity contribution in [2.24, 2.45) is 0 Å². The summed E-state index contributed by atoms with van der Waals surface area (Å²) in [4.78, 5) is 12.1. The molecule has 1 aromatic heterocycles. The summed E-state index contributed by atoms with van der Waals surface area (Å²) in [6.07, 6.45) is 4.56. The molecule has 2 aromatic rings. The molecule has 1 amide bonds. The lowest BCUT2D eigenvalue weighted by molar-refractivity contribution is -0.119. The third-order valence-corrected chi connectivity index (χ3v) is 4.81. The number of amides is 1. The number of hydrogen-bond acceptors (Lipinski definition) is 6. The van der Waals surface area contributed by atoms with Crippen molar-refractivity contribution >= 4 is 17.7 Å². The average Bonchev–Trinajstić information content (AvgIpc) is 3.25. The first-order valence-electron chi connectivity index (χ1n) is 8.20. The number of thioether (sulfide) groups is 1. The summed E-state index contributed by atoms with van der Waals surface area (Å²) < 4.78 is 7.23. The second-order valence-electron chi connectivity index (χ2n) is 5.61. The Morgan fingerprint density at radius 2 is 2.17 bits per heavy atom. The molecule has 1 aromatic carbocycles. The minimum atomic E-state index is 0.0274. The third kappa shape index (κ3) is 4.05. The predicted molar refractivity (Wildman–Crippen MR) is 91.4 cm³/mol. The molecular formula is C16H21N5O2S. The lowest BCUT2D eigenvalue weighted by Gasteiger charge is -2.12. The molecule has 24 heavy (non-hydrogen) atoms. The van der Waals surface area contributed by atoms with E-state index in [1.165, 1.54) is 24.6 Å². The van der Waals surface area contributed by atoms with Crippen molar-refractivity contribution in [2.75, 3.05) is 12.4 Å². The van der Waals surface area contributed by atoms with Gasteiger partial charge in [-0.2, -0.15) is 4.68 Å². The zero-order chi connectivity index (χ0) is 16.8. The fraction of sp³-hybridized carbons (Fsp3) is 0.500. The van der Waals surface area contributed by atoms with Crippen molar-refractivity contribution in [3.63, 3.8) is 0 Å². The van der Waals surface area contributed by atoms with Crippen LogP contribution in [0.2, 0.25) is 0 Å². The van der Waals surface area contributed by atoms with Gasteiger partial charge in [-0.15, -0.1) is 5.10 Å². The molecule has 1 saturated carbocycles. The zero-order valence-electron chi connectivity index (χ0n) is 13.6. The summed E-state index contributed by atoms with van der Waals surface area (Å²) in [5, 5.41) is 15.4. The van der Waals surface area contributed by atoms with Crippen molar-refractivity contribution < 1.29 is 9.53 Å². The number of tetrazole rings is 1. The van der Waals surface area contributed by atoms with E-state index in [2.05, 4.69) is 20.8 Å². The number of benzene rings is 1. The van der Waals surface area contributed by atoms with Crippen LogP contribution in [0.3, 0.4) is 0 Å². The third-order valence-electron chi connectivity index (χ3n) is 3.89. The minimum Gasteiger partial charge on any atom is -0.492 e. The number of carbonyl (C=O) groups is 1. The number of hydrogen-bond donors (Lipinski definition) is 1. The molecule has 0 unspecified atom stereocenters. The molecule has 0 bridgehead atoms. The van der Waals surface area contributed by atoms with Crippen molar-refractivity contribution in [1.29, 1.82) is 0 Å². The molecule has 1 aliphatic carbocycles. The van der Waals surface area contributed by atoms with Gasteiger partial charge in [-0.05, 0) is 42.3 Å². The van der Waals surface area contributed by atoms with E-state index in [4.69, 9.17) is 4.74 Å². The van der Waals surface area contributed by atoms with Gasteiger partial charge >= 0.3 is 0 Å².